The molecule has 0 aromatic rings. The van der Waals surface area contributed by atoms with E-state index in [1.807, 2.05) is 34.0 Å². The van der Waals surface area contributed by atoms with Crippen molar-refractivity contribution in [2.24, 2.45) is 63.6 Å². The number of carboxylic acids is 8. The van der Waals surface area contributed by atoms with Gasteiger partial charge in [-0.1, -0.05) is 41.5 Å². The van der Waals surface area contributed by atoms with Gasteiger partial charge in [0.25, 0.3) is 0 Å². The number of rotatable bonds is 20. The van der Waals surface area contributed by atoms with Gasteiger partial charge in [0.15, 0.2) is 0 Å². The highest BCUT2D eigenvalue weighted by atomic mass is 32.2. The Kier molecular flexibility index (Phi) is 53.5. The second-order valence-corrected chi connectivity index (χ2v) is 16.1. The van der Waals surface area contributed by atoms with E-state index < -0.39 is 96.0 Å². The molecule has 1 aliphatic heterocycles. The minimum atomic E-state index is -1.18. The number of primary amides is 1. The van der Waals surface area contributed by atoms with E-state index in [0.29, 0.717) is 31.1 Å². The normalized spacial score (nSPS) is 15.2. The number of aliphatic hydroxyl groups excluding tert-OH is 1. The largest absolute Gasteiger partial charge is 0.480 e. The molecule has 0 bridgehead atoms. The minimum Gasteiger partial charge on any atom is -0.480 e. The summed E-state index contributed by atoms with van der Waals surface area (Å²) in [5, 5.41) is 76.7. The van der Waals surface area contributed by atoms with Gasteiger partial charge >= 0.3 is 47.8 Å². The van der Waals surface area contributed by atoms with Crippen LogP contribution in [0.1, 0.15) is 93.4 Å². The zero-order valence-corrected chi connectivity index (χ0v) is 40.0. The zero-order valence-electron chi connectivity index (χ0n) is 39.1. The number of aliphatic hydroxyl groups is 1. The van der Waals surface area contributed by atoms with Gasteiger partial charge in [-0.15, -0.1) is 0 Å². The lowest BCUT2D eigenvalue weighted by Crippen LogP contribution is -2.39. The van der Waals surface area contributed by atoms with Crippen LogP contribution in [0.5, 0.6) is 0 Å². The summed E-state index contributed by atoms with van der Waals surface area (Å²) in [6.07, 6.45) is 4.51. The number of hydrogen-bond donors (Lipinski definition) is 18. The van der Waals surface area contributed by atoms with Crippen LogP contribution in [0.4, 0.5) is 0 Å². The van der Waals surface area contributed by atoms with Crippen LogP contribution in [0, 0.1) is 17.8 Å². The first kappa shape index (κ1) is 75.5. The van der Waals surface area contributed by atoms with Crippen molar-refractivity contribution in [3.05, 3.63) is 0 Å². The van der Waals surface area contributed by atoms with Crippen molar-refractivity contribution in [3.8, 4) is 0 Å². The van der Waals surface area contributed by atoms with E-state index in [9.17, 15) is 43.2 Å². The second-order valence-electron chi connectivity index (χ2n) is 15.1. The van der Waals surface area contributed by atoms with Crippen LogP contribution < -0.4 is 51.2 Å². The third-order valence-corrected chi connectivity index (χ3v) is 8.04. The van der Waals surface area contributed by atoms with Crippen molar-refractivity contribution in [1.82, 2.24) is 5.32 Å². The molecule has 1 fully saturated rings. The van der Waals surface area contributed by atoms with E-state index in [1.54, 1.807) is 25.6 Å². The molecule has 0 saturated carbocycles. The maximum atomic E-state index is 10.1. The maximum Gasteiger partial charge on any atom is 0.323 e. The van der Waals surface area contributed by atoms with Crippen molar-refractivity contribution < 1.29 is 89.1 Å². The number of carbonyl (C=O) groups is 9. The Balaban J connectivity index is -0.000000121. The SMILES string of the molecule is CC(C)C[C@H](N)C(=O)O.CC(C)C[C@H](N)C(=O)O.CC(C)[C@H](N)C(=O)O.CSCC[C@H](N)C(=O)O.C[C@@H](O)[C@H](N)C(=O)O.NC(=O)CC[C@H](N)C(=O)O.NCC(=O)O.O=C(O)[C@@H]1CCCN1. The van der Waals surface area contributed by atoms with Crippen molar-refractivity contribution in [2.45, 2.75) is 142 Å². The summed E-state index contributed by atoms with van der Waals surface area (Å²) in [4.78, 5) is 89.7. The molecule has 0 radical (unpaired) electrons. The molecule has 0 spiro atoms. The Bertz CT molecular complexity index is 1290. The molecule has 1 aliphatic rings. The summed E-state index contributed by atoms with van der Waals surface area (Å²) >= 11 is 1.60. The summed E-state index contributed by atoms with van der Waals surface area (Å²) in [6, 6.07) is -5.18. The Hall–Kier alpha value is -4.78. The maximum absolute atomic E-state index is 10.1. The number of amides is 1. The fourth-order valence-corrected chi connectivity index (χ4v) is 3.88. The van der Waals surface area contributed by atoms with E-state index in [-0.39, 0.29) is 31.3 Å². The van der Waals surface area contributed by atoms with Crippen LogP contribution in [-0.4, -0.2) is 173 Å². The average Bonchev–Trinajstić information content (AvgIpc) is 3.75. The Morgan fingerprint density at radius 3 is 1.08 bits per heavy atom. The molecule has 28 heteroatoms. The standard InChI is InChI=1S/2C6H13NO2.C5H10N2O3.C5H11NO2S.C5H9NO2.C5H11NO2.C4H9NO3.C2H5NO2/c2*1-4(2)3-5(7)6(8)9;6-3(5(9)10)1-2-4(7)8;1-9-3-2-4(6)5(7)8;7-5(8)4-2-1-3-6-4;1-3(2)4(6)5(7)8;1-2(6)3(5)4(7)8;3-1-2(4)5/h2*4-5H,3,7H2,1-2H3,(H,8,9);3H,1-2,6H2,(H2,7,8)(H,9,10);4H,2-3,6H2,1H3,(H,7,8);4,6H,1-3H2,(H,7,8);3-4H,6H2,1-2H3,(H,7,8);2-3,6H,5H2,1H3,(H,7,8);1,3H2,(H,4,5)/t2*5-;3-;3*4-;2-,3+;/m0000001./s1. The molecule has 66 heavy (non-hydrogen) atoms. The molecule has 0 aromatic carbocycles. The van der Waals surface area contributed by atoms with E-state index in [4.69, 9.17) is 86.1 Å². The highest BCUT2D eigenvalue weighted by Gasteiger charge is 2.20. The Labute approximate surface area is 389 Å². The van der Waals surface area contributed by atoms with E-state index >= 15 is 0 Å². The van der Waals surface area contributed by atoms with Crippen molar-refractivity contribution in [1.29, 1.82) is 0 Å². The molecule has 27 nitrogen and oxygen atoms in total. The summed E-state index contributed by atoms with van der Waals surface area (Å²) < 4.78 is 0. The van der Waals surface area contributed by atoms with Gasteiger partial charge in [-0.05, 0) is 81.8 Å². The topological polar surface area (TPSA) is 556 Å². The lowest BCUT2D eigenvalue weighted by Gasteiger charge is -2.07. The highest BCUT2D eigenvalue weighted by molar-refractivity contribution is 7.98. The molecule has 0 aliphatic carbocycles. The molecule has 8 atom stereocenters. The molecule has 1 heterocycles. The van der Waals surface area contributed by atoms with Gasteiger partial charge in [0.1, 0.15) is 42.3 Å². The summed E-state index contributed by atoms with van der Waals surface area (Å²) in [7, 11) is 0. The van der Waals surface area contributed by atoms with Crippen LogP contribution >= 0.6 is 11.8 Å². The quantitative estimate of drug-likeness (QED) is 0.0594. The molecule has 1 rings (SSSR count). The van der Waals surface area contributed by atoms with Crippen LogP contribution in [-0.2, 0) is 43.2 Å². The van der Waals surface area contributed by atoms with Crippen molar-refractivity contribution in [2.75, 3.05) is 25.1 Å². The molecule has 1 amide bonds. The van der Waals surface area contributed by atoms with E-state index in [2.05, 4.69) is 11.1 Å². The van der Waals surface area contributed by atoms with Gasteiger partial charge in [0.2, 0.25) is 5.91 Å². The first-order chi connectivity index (χ1) is 30.0. The van der Waals surface area contributed by atoms with Crippen molar-refractivity contribution in [3.63, 3.8) is 0 Å². The van der Waals surface area contributed by atoms with Gasteiger partial charge in [0, 0.05) is 6.42 Å². The molecule has 0 unspecified atom stereocenters. The fraction of sp³-hybridized carbons (Fsp3) is 0.763. The summed E-state index contributed by atoms with van der Waals surface area (Å²) in [6.45, 7) is 13.3. The van der Waals surface area contributed by atoms with Crippen LogP contribution in [0.15, 0.2) is 0 Å². The molecule has 1 saturated heterocycles. The molecule has 392 valence electrons. The first-order valence-electron chi connectivity index (χ1n) is 20.2. The number of thioether (sulfide) groups is 1. The lowest BCUT2D eigenvalue weighted by molar-refractivity contribution is -0.141. The van der Waals surface area contributed by atoms with Gasteiger partial charge in [-0.25, -0.2) is 0 Å². The third-order valence-electron chi connectivity index (χ3n) is 7.40. The minimum absolute atomic E-state index is 0.0208. The van der Waals surface area contributed by atoms with Gasteiger partial charge < -0.3 is 97.1 Å². The van der Waals surface area contributed by atoms with Crippen LogP contribution in [0.2, 0.25) is 0 Å². The predicted octanol–water partition coefficient (Wildman–Crippen LogP) is -2.61. The predicted molar refractivity (Wildman–Crippen MR) is 246 cm³/mol. The number of hydrogen-bond acceptors (Lipinski definition) is 19. The fourth-order valence-electron chi connectivity index (χ4n) is 3.39. The third kappa shape index (κ3) is 61.3. The number of nitrogens with one attached hydrogen (secondary N) is 1. The number of aliphatic carboxylic acids is 8. The summed E-state index contributed by atoms with van der Waals surface area (Å²) in [5.41, 5.74) is 40.1. The number of carboxylic acid groups (broad SMARTS) is 8. The molecule has 26 N–H and O–H groups in total. The first-order valence-corrected chi connectivity index (χ1v) is 21.6. The Morgan fingerprint density at radius 1 is 0.591 bits per heavy atom. The van der Waals surface area contributed by atoms with E-state index in [0.717, 1.165) is 25.1 Å². The smallest absolute Gasteiger partial charge is 0.323 e. The monoisotopic (exact) mass is 984 g/mol. The Morgan fingerprint density at radius 2 is 0.939 bits per heavy atom. The molecular weight excluding hydrogens is 903 g/mol. The van der Waals surface area contributed by atoms with Crippen molar-refractivity contribution >= 4 is 65.4 Å². The zero-order chi connectivity index (χ0) is 54.0. The molecule has 0 aromatic heterocycles. The summed E-state index contributed by atoms with van der Waals surface area (Å²) in [5.74, 6) is -6.63. The lowest BCUT2D eigenvalue weighted by atomic mass is 10.1. The van der Waals surface area contributed by atoms with Gasteiger partial charge in [-0.3, -0.25) is 43.2 Å². The van der Waals surface area contributed by atoms with Gasteiger partial charge in [0.05, 0.1) is 12.6 Å². The number of carbonyl (C=O) groups excluding carboxylic acids is 1. The highest BCUT2D eigenvalue weighted by Crippen LogP contribution is 2.04. The van der Waals surface area contributed by atoms with Crippen LogP contribution in [0.3, 0.4) is 0 Å². The van der Waals surface area contributed by atoms with E-state index in [1.165, 1.54) is 6.92 Å². The van der Waals surface area contributed by atoms with Gasteiger partial charge in [-0.2, -0.15) is 11.8 Å². The van der Waals surface area contributed by atoms with Crippen LogP contribution in [0.25, 0.3) is 0 Å². The second kappa shape index (κ2) is 46.7. The average molecular weight is 984 g/mol. The molecular formula is C38H81N9O18S. The number of nitrogens with two attached hydrogens (primary N) is 8.